The fourth-order valence-corrected chi connectivity index (χ4v) is 2.79. The fraction of sp³-hybridized carbons (Fsp3) is 0.214. The minimum atomic E-state index is -1.17. The number of benzene rings is 1. The van der Waals surface area contributed by atoms with Crippen molar-refractivity contribution in [2.75, 3.05) is 17.7 Å². The van der Waals surface area contributed by atoms with Gasteiger partial charge in [0.15, 0.2) is 0 Å². The summed E-state index contributed by atoms with van der Waals surface area (Å²) in [5.41, 5.74) is 5.58. The van der Waals surface area contributed by atoms with Crippen LogP contribution in [0, 0.1) is 5.82 Å². The first-order valence-corrected chi connectivity index (χ1v) is 6.88. The third-order valence-corrected chi connectivity index (χ3v) is 4.31. The van der Waals surface area contributed by atoms with Gasteiger partial charge in [0.1, 0.15) is 5.82 Å². The number of carboxylic acid groups (broad SMARTS) is 1. The van der Waals surface area contributed by atoms with Gasteiger partial charge in [0.05, 0.1) is 17.3 Å². The fourth-order valence-electron chi connectivity index (χ4n) is 1.96. The van der Waals surface area contributed by atoms with E-state index in [4.69, 9.17) is 10.8 Å². The second-order valence-electron chi connectivity index (χ2n) is 4.50. The molecule has 0 spiro atoms. The van der Waals surface area contributed by atoms with E-state index in [0.717, 1.165) is 10.9 Å². The number of carbonyl (C=O) groups is 1. The molecule has 0 aliphatic rings. The molecule has 1 unspecified atom stereocenters. The molecular formula is C14H15FN2O2S. The Morgan fingerprint density at radius 3 is 2.75 bits per heavy atom. The molecule has 0 aliphatic carbocycles. The van der Waals surface area contributed by atoms with Gasteiger partial charge in [-0.1, -0.05) is 6.07 Å². The lowest BCUT2D eigenvalue weighted by molar-refractivity contribution is 0.0698. The Kier molecular flexibility index (Phi) is 3.94. The zero-order valence-electron chi connectivity index (χ0n) is 11.1. The van der Waals surface area contributed by atoms with E-state index >= 15 is 0 Å². The van der Waals surface area contributed by atoms with Crippen LogP contribution >= 0.6 is 11.3 Å². The average Bonchev–Trinajstić information content (AvgIpc) is 2.90. The van der Waals surface area contributed by atoms with Crippen molar-refractivity contribution in [3.05, 3.63) is 45.9 Å². The first kappa shape index (κ1) is 14.3. The quantitative estimate of drug-likeness (QED) is 0.848. The molecule has 1 heterocycles. The van der Waals surface area contributed by atoms with Gasteiger partial charge in [0.2, 0.25) is 0 Å². The highest BCUT2D eigenvalue weighted by molar-refractivity contribution is 7.10. The van der Waals surface area contributed by atoms with E-state index in [1.165, 1.54) is 6.07 Å². The summed E-state index contributed by atoms with van der Waals surface area (Å²) in [7, 11) is 1.73. The van der Waals surface area contributed by atoms with Crippen LogP contribution in [-0.4, -0.2) is 18.1 Å². The molecule has 0 saturated carbocycles. The molecule has 0 fully saturated rings. The van der Waals surface area contributed by atoms with Gasteiger partial charge in [-0.25, -0.2) is 9.18 Å². The Morgan fingerprint density at radius 1 is 1.50 bits per heavy atom. The molecule has 0 saturated heterocycles. The molecule has 4 nitrogen and oxygen atoms in total. The van der Waals surface area contributed by atoms with Crippen molar-refractivity contribution in [2.45, 2.75) is 13.0 Å². The van der Waals surface area contributed by atoms with Crippen molar-refractivity contribution in [1.82, 2.24) is 0 Å². The SMILES string of the molecule is CC(c1cccs1)N(C)c1cc(C(=O)O)c(N)cc1F. The van der Waals surface area contributed by atoms with Gasteiger partial charge in [0.25, 0.3) is 0 Å². The van der Waals surface area contributed by atoms with Crippen molar-refractivity contribution < 1.29 is 14.3 Å². The molecule has 0 radical (unpaired) electrons. The summed E-state index contributed by atoms with van der Waals surface area (Å²) in [6, 6.07) is 6.15. The molecule has 0 amide bonds. The van der Waals surface area contributed by atoms with Crippen molar-refractivity contribution >= 4 is 28.7 Å². The number of rotatable bonds is 4. The van der Waals surface area contributed by atoms with E-state index < -0.39 is 11.8 Å². The van der Waals surface area contributed by atoms with Crippen LogP contribution in [0.4, 0.5) is 15.8 Å². The van der Waals surface area contributed by atoms with Crippen molar-refractivity contribution in [3.8, 4) is 0 Å². The zero-order valence-corrected chi connectivity index (χ0v) is 11.9. The number of halogens is 1. The number of nitrogens with two attached hydrogens (primary N) is 1. The van der Waals surface area contributed by atoms with Gasteiger partial charge in [-0.05, 0) is 30.5 Å². The first-order valence-electron chi connectivity index (χ1n) is 6.00. The van der Waals surface area contributed by atoms with Crippen molar-refractivity contribution in [3.63, 3.8) is 0 Å². The maximum atomic E-state index is 14.0. The molecule has 2 rings (SSSR count). The monoisotopic (exact) mass is 294 g/mol. The number of nitrogens with zero attached hydrogens (tertiary/aromatic N) is 1. The summed E-state index contributed by atoms with van der Waals surface area (Å²) in [6.45, 7) is 1.93. The molecule has 2 aromatic rings. The topological polar surface area (TPSA) is 66.6 Å². The molecule has 1 aromatic heterocycles. The van der Waals surface area contributed by atoms with E-state index in [1.807, 2.05) is 24.4 Å². The van der Waals surface area contributed by atoms with Crippen LogP contribution in [0.1, 0.15) is 28.2 Å². The van der Waals surface area contributed by atoms with Crippen molar-refractivity contribution in [2.24, 2.45) is 0 Å². The van der Waals surface area contributed by atoms with Gasteiger partial charge in [-0.3, -0.25) is 0 Å². The number of hydrogen-bond acceptors (Lipinski definition) is 4. The van der Waals surface area contributed by atoms with Crippen LogP contribution in [0.3, 0.4) is 0 Å². The van der Waals surface area contributed by atoms with Crippen LogP contribution < -0.4 is 10.6 Å². The molecule has 3 N–H and O–H groups in total. The van der Waals surface area contributed by atoms with Crippen LogP contribution in [0.25, 0.3) is 0 Å². The van der Waals surface area contributed by atoms with Crippen LogP contribution in [0.2, 0.25) is 0 Å². The molecule has 106 valence electrons. The third kappa shape index (κ3) is 2.60. The number of nitrogen functional groups attached to an aromatic ring is 1. The van der Waals surface area contributed by atoms with E-state index in [2.05, 4.69) is 0 Å². The number of aromatic carboxylic acids is 1. The molecule has 1 aromatic carbocycles. The largest absolute Gasteiger partial charge is 0.478 e. The van der Waals surface area contributed by atoms with Crippen LogP contribution in [0.15, 0.2) is 29.6 Å². The lowest BCUT2D eigenvalue weighted by Crippen LogP contribution is -2.22. The first-order chi connectivity index (χ1) is 9.41. The molecule has 0 aliphatic heterocycles. The average molecular weight is 294 g/mol. The number of carboxylic acids is 1. The molecular weight excluding hydrogens is 279 g/mol. The highest BCUT2D eigenvalue weighted by Crippen LogP contribution is 2.32. The summed E-state index contributed by atoms with van der Waals surface area (Å²) in [4.78, 5) is 13.9. The second kappa shape index (κ2) is 5.50. The number of thiophene rings is 1. The Labute approximate surface area is 120 Å². The van der Waals surface area contributed by atoms with Gasteiger partial charge < -0.3 is 15.7 Å². The van der Waals surface area contributed by atoms with Crippen molar-refractivity contribution in [1.29, 1.82) is 0 Å². The number of hydrogen-bond donors (Lipinski definition) is 2. The van der Waals surface area contributed by atoms with Gasteiger partial charge in [-0.2, -0.15) is 0 Å². The highest BCUT2D eigenvalue weighted by atomic mass is 32.1. The Bertz CT molecular complexity index is 628. The van der Waals surface area contributed by atoms with Crippen LogP contribution in [-0.2, 0) is 0 Å². The summed E-state index contributed by atoms with van der Waals surface area (Å²) in [5, 5.41) is 11.0. The normalized spacial score (nSPS) is 12.2. The highest BCUT2D eigenvalue weighted by Gasteiger charge is 2.20. The van der Waals surface area contributed by atoms with E-state index in [1.54, 1.807) is 23.3 Å². The standard InChI is InChI=1S/C14H15FN2O2S/c1-8(13-4-3-5-20-13)17(2)12-6-9(14(18)19)11(16)7-10(12)15/h3-8H,16H2,1-2H3,(H,18,19). The molecule has 1 atom stereocenters. The number of anilines is 2. The predicted molar refractivity (Wildman–Crippen MR) is 78.9 cm³/mol. The second-order valence-corrected chi connectivity index (χ2v) is 5.48. The molecule has 6 heteroatoms. The van der Waals surface area contributed by atoms with E-state index in [9.17, 15) is 9.18 Å². The van der Waals surface area contributed by atoms with Gasteiger partial charge in [-0.15, -0.1) is 11.3 Å². The van der Waals surface area contributed by atoms with Gasteiger partial charge >= 0.3 is 5.97 Å². The minimum absolute atomic E-state index is 0.0604. The maximum Gasteiger partial charge on any atom is 0.337 e. The summed E-state index contributed by atoms with van der Waals surface area (Å²) < 4.78 is 14.0. The predicted octanol–water partition coefficient (Wildman–Crippen LogP) is 3.37. The molecule has 20 heavy (non-hydrogen) atoms. The zero-order chi connectivity index (χ0) is 14.9. The van der Waals surface area contributed by atoms with Gasteiger partial charge in [0, 0.05) is 17.6 Å². The Hall–Kier alpha value is -2.08. The van der Waals surface area contributed by atoms with Crippen LogP contribution in [0.5, 0.6) is 0 Å². The molecule has 0 bridgehead atoms. The maximum absolute atomic E-state index is 14.0. The van der Waals surface area contributed by atoms with E-state index in [-0.39, 0.29) is 23.0 Å². The summed E-state index contributed by atoms with van der Waals surface area (Å²) >= 11 is 1.57. The minimum Gasteiger partial charge on any atom is -0.478 e. The Balaban J connectivity index is 2.41. The Morgan fingerprint density at radius 2 is 2.20 bits per heavy atom. The van der Waals surface area contributed by atoms with E-state index in [0.29, 0.717) is 0 Å². The lowest BCUT2D eigenvalue weighted by atomic mass is 10.1. The summed E-state index contributed by atoms with van der Waals surface area (Å²) in [5.74, 6) is -1.70. The summed E-state index contributed by atoms with van der Waals surface area (Å²) in [6.07, 6.45) is 0. The lowest BCUT2D eigenvalue weighted by Gasteiger charge is -2.27. The third-order valence-electron chi connectivity index (χ3n) is 3.27. The smallest absolute Gasteiger partial charge is 0.337 e.